The number of nitrogens with one attached hydrogen (secondary N) is 1. The Morgan fingerprint density at radius 3 is 3.05 bits per heavy atom. The van der Waals surface area contributed by atoms with E-state index in [1.54, 1.807) is 0 Å². The third-order valence-corrected chi connectivity index (χ3v) is 5.30. The number of hydrogen-bond acceptors (Lipinski definition) is 4. The number of carbonyl (C=O) groups is 2. The van der Waals surface area contributed by atoms with Crippen molar-refractivity contribution in [1.29, 1.82) is 0 Å². The predicted molar refractivity (Wildman–Crippen MR) is 76.9 cm³/mol. The van der Waals surface area contributed by atoms with Crippen LogP contribution in [-0.4, -0.2) is 43.0 Å². The molecule has 2 fully saturated rings. The van der Waals surface area contributed by atoms with Crippen LogP contribution in [0.15, 0.2) is 24.3 Å². The lowest BCUT2D eigenvalue weighted by Gasteiger charge is -2.28. The molecule has 3 aliphatic heterocycles. The molecule has 0 bridgehead atoms. The molecule has 0 saturated carbocycles. The third-order valence-electron chi connectivity index (χ3n) is 5.30. The second-order valence-corrected chi connectivity index (χ2v) is 6.15. The summed E-state index contributed by atoms with van der Waals surface area (Å²) < 4.78 is 5.05. The van der Waals surface area contributed by atoms with Gasteiger partial charge in [-0.1, -0.05) is 18.2 Å². The molecular weight excluding hydrogens is 268 g/mol. The normalized spacial score (nSPS) is 33.9. The first-order valence-corrected chi connectivity index (χ1v) is 7.41. The predicted octanol–water partition coefficient (Wildman–Crippen LogP) is 1.14. The van der Waals surface area contributed by atoms with E-state index in [2.05, 4.69) is 10.2 Å². The van der Waals surface area contributed by atoms with Gasteiger partial charge in [0.1, 0.15) is 5.41 Å². The summed E-state index contributed by atoms with van der Waals surface area (Å²) in [6, 6.07) is 7.82. The highest BCUT2D eigenvalue weighted by Crippen LogP contribution is 2.52. The molecule has 3 heterocycles. The van der Waals surface area contributed by atoms with Crippen molar-refractivity contribution in [3.63, 3.8) is 0 Å². The summed E-state index contributed by atoms with van der Waals surface area (Å²) in [6.45, 7) is 1.57. The molecule has 0 unspecified atom stereocenters. The molecule has 1 N–H and O–H groups in total. The molecule has 4 rings (SSSR count). The van der Waals surface area contributed by atoms with Crippen LogP contribution in [0.25, 0.3) is 0 Å². The highest BCUT2D eigenvalue weighted by molar-refractivity contribution is 6.09. The number of amides is 1. The maximum atomic E-state index is 12.8. The van der Waals surface area contributed by atoms with E-state index in [0.717, 1.165) is 30.6 Å². The minimum absolute atomic E-state index is 0.0616. The minimum Gasteiger partial charge on any atom is -0.469 e. The number of para-hydroxylation sites is 1. The van der Waals surface area contributed by atoms with Gasteiger partial charge in [0, 0.05) is 18.3 Å². The van der Waals surface area contributed by atoms with E-state index in [1.807, 2.05) is 24.3 Å². The number of methoxy groups -OCH3 is 1. The first-order valence-electron chi connectivity index (χ1n) is 7.41. The van der Waals surface area contributed by atoms with Crippen molar-refractivity contribution in [3.05, 3.63) is 29.8 Å². The van der Waals surface area contributed by atoms with E-state index >= 15 is 0 Å². The third kappa shape index (κ3) is 1.50. The molecule has 21 heavy (non-hydrogen) atoms. The molecule has 1 amide bonds. The number of anilines is 1. The average molecular weight is 286 g/mol. The summed E-state index contributed by atoms with van der Waals surface area (Å²) in [5.74, 6) is -0.738. The SMILES string of the molecule is COC(=O)[C@@H]1[C@@H]2CCCN2C[C@]12C(=O)Nc1ccccc12. The second-order valence-electron chi connectivity index (χ2n) is 6.15. The Morgan fingerprint density at radius 1 is 1.43 bits per heavy atom. The Kier molecular flexibility index (Phi) is 2.63. The summed E-state index contributed by atoms with van der Waals surface area (Å²) in [6.07, 6.45) is 2.04. The van der Waals surface area contributed by atoms with Gasteiger partial charge in [0.25, 0.3) is 0 Å². The number of benzene rings is 1. The number of rotatable bonds is 1. The lowest BCUT2D eigenvalue weighted by atomic mass is 9.70. The summed E-state index contributed by atoms with van der Waals surface area (Å²) in [4.78, 5) is 27.5. The monoisotopic (exact) mass is 286 g/mol. The van der Waals surface area contributed by atoms with Crippen molar-refractivity contribution < 1.29 is 14.3 Å². The smallest absolute Gasteiger partial charge is 0.311 e. The van der Waals surface area contributed by atoms with Crippen LogP contribution in [0.5, 0.6) is 0 Å². The van der Waals surface area contributed by atoms with E-state index in [1.165, 1.54) is 7.11 Å². The molecule has 0 aliphatic carbocycles. The topological polar surface area (TPSA) is 58.6 Å². The van der Waals surface area contributed by atoms with Gasteiger partial charge in [-0.3, -0.25) is 14.5 Å². The fourth-order valence-corrected chi connectivity index (χ4v) is 4.46. The van der Waals surface area contributed by atoms with E-state index < -0.39 is 11.3 Å². The molecule has 110 valence electrons. The standard InChI is InChI=1S/C16H18N2O3/c1-21-14(19)13-12-7-4-8-18(12)9-16(13)10-5-2-3-6-11(10)17-15(16)20/h2-3,5-6,12-13H,4,7-9H2,1H3,(H,17,20)/t12-,13-,16+/m0/s1. The highest BCUT2D eigenvalue weighted by Gasteiger charge is 2.64. The van der Waals surface area contributed by atoms with Gasteiger partial charge in [-0.25, -0.2) is 0 Å². The van der Waals surface area contributed by atoms with Gasteiger partial charge >= 0.3 is 5.97 Å². The van der Waals surface area contributed by atoms with Crippen LogP contribution in [0.4, 0.5) is 5.69 Å². The largest absolute Gasteiger partial charge is 0.469 e. The van der Waals surface area contributed by atoms with Crippen LogP contribution in [-0.2, 0) is 19.7 Å². The van der Waals surface area contributed by atoms with Gasteiger partial charge in [0.2, 0.25) is 5.91 Å². The number of nitrogens with zero attached hydrogens (tertiary/aromatic N) is 1. The van der Waals surface area contributed by atoms with Crippen LogP contribution in [0, 0.1) is 5.92 Å². The van der Waals surface area contributed by atoms with Crippen molar-refractivity contribution in [2.45, 2.75) is 24.3 Å². The van der Waals surface area contributed by atoms with Crippen molar-refractivity contribution in [1.82, 2.24) is 4.90 Å². The summed E-state index contributed by atoms with van der Waals surface area (Å²) in [5.41, 5.74) is 0.992. The lowest BCUT2D eigenvalue weighted by molar-refractivity contribution is -0.150. The van der Waals surface area contributed by atoms with Gasteiger partial charge in [0.15, 0.2) is 0 Å². The summed E-state index contributed by atoms with van der Waals surface area (Å²) in [5, 5.41) is 2.96. The summed E-state index contributed by atoms with van der Waals surface area (Å²) in [7, 11) is 1.41. The maximum Gasteiger partial charge on any atom is 0.311 e. The quantitative estimate of drug-likeness (QED) is 0.787. The fraction of sp³-hybridized carbons (Fsp3) is 0.500. The molecule has 1 aromatic rings. The Balaban J connectivity index is 1.89. The second kappa shape index (κ2) is 4.31. The molecule has 0 aromatic heterocycles. The van der Waals surface area contributed by atoms with Gasteiger partial charge in [-0.05, 0) is 31.0 Å². The zero-order valence-corrected chi connectivity index (χ0v) is 12.0. The van der Waals surface area contributed by atoms with E-state index in [0.29, 0.717) is 6.54 Å². The molecule has 2 saturated heterocycles. The van der Waals surface area contributed by atoms with Gasteiger partial charge < -0.3 is 10.1 Å². The molecule has 5 nitrogen and oxygen atoms in total. The zero-order valence-electron chi connectivity index (χ0n) is 12.0. The van der Waals surface area contributed by atoms with Crippen LogP contribution in [0.1, 0.15) is 18.4 Å². The Morgan fingerprint density at radius 2 is 2.24 bits per heavy atom. The molecule has 0 radical (unpaired) electrons. The van der Waals surface area contributed by atoms with Gasteiger partial charge in [-0.2, -0.15) is 0 Å². The first-order chi connectivity index (χ1) is 10.2. The molecule has 1 aromatic carbocycles. The Bertz CT molecular complexity index is 630. The van der Waals surface area contributed by atoms with Crippen molar-refractivity contribution >= 4 is 17.6 Å². The van der Waals surface area contributed by atoms with Crippen molar-refractivity contribution in [2.24, 2.45) is 5.92 Å². The van der Waals surface area contributed by atoms with Gasteiger partial charge in [-0.15, -0.1) is 0 Å². The van der Waals surface area contributed by atoms with E-state index in [-0.39, 0.29) is 17.9 Å². The van der Waals surface area contributed by atoms with Gasteiger partial charge in [0.05, 0.1) is 13.0 Å². The maximum absolute atomic E-state index is 12.8. The number of ether oxygens (including phenoxy) is 1. The number of fused-ring (bicyclic) bond motifs is 3. The Labute approximate surface area is 123 Å². The molecule has 3 atom stereocenters. The number of carbonyl (C=O) groups excluding carboxylic acids is 2. The number of esters is 1. The number of hydrogen-bond donors (Lipinski definition) is 1. The van der Waals surface area contributed by atoms with Crippen LogP contribution in [0.3, 0.4) is 0 Å². The van der Waals surface area contributed by atoms with Crippen molar-refractivity contribution in [2.75, 3.05) is 25.5 Å². The van der Waals surface area contributed by atoms with E-state index in [4.69, 9.17) is 4.74 Å². The minimum atomic E-state index is -0.783. The lowest BCUT2D eigenvalue weighted by Crippen LogP contribution is -2.47. The van der Waals surface area contributed by atoms with Crippen LogP contribution in [0.2, 0.25) is 0 Å². The molecular formula is C16H18N2O3. The summed E-state index contributed by atoms with van der Waals surface area (Å²) >= 11 is 0. The van der Waals surface area contributed by atoms with Crippen LogP contribution >= 0.6 is 0 Å². The average Bonchev–Trinajstić information content (AvgIpc) is 3.12. The highest BCUT2D eigenvalue weighted by atomic mass is 16.5. The first kappa shape index (κ1) is 12.8. The van der Waals surface area contributed by atoms with Crippen LogP contribution < -0.4 is 5.32 Å². The zero-order chi connectivity index (χ0) is 14.6. The molecule has 3 aliphatic rings. The van der Waals surface area contributed by atoms with Crippen molar-refractivity contribution in [3.8, 4) is 0 Å². The van der Waals surface area contributed by atoms with E-state index in [9.17, 15) is 9.59 Å². The molecule has 1 spiro atoms. The Hall–Kier alpha value is -1.88. The molecule has 5 heteroatoms. The fourth-order valence-electron chi connectivity index (χ4n) is 4.46.